The average molecular weight is 272 g/mol. The van der Waals surface area contributed by atoms with E-state index in [0.29, 0.717) is 12.8 Å². The SMILES string of the molecule is O=C(CCc1cscn1)Nc1ccc2cn[nH]c2c1. The van der Waals surface area contributed by atoms with Gasteiger partial charge in [0.2, 0.25) is 5.91 Å². The van der Waals surface area contributed by atoms with Crippen molar-refractivity contribution in [3.8, 4) is 0 Å². The average Bonchev–Trinajstić information content (AvgIpc) is 3.07. The quantitative estimate of drug-likeness (QED) is 0.767. The largest absolute Gasteiger partial charge is 0.326 e. The van der Waals surface area contributed by atoms with E-state index in [0.717, 1.165) is 22.3 Å². The normalized spacial score (nSPS) is 10.7. The Morgan fingerprint density at radius 2 is 2.37 bits per heavy atom. The first-order valence-corrected chi connectivity index (χ1v) is 6.85. The van der Waals surface area contributed by atoms with Gasteiger partial charge in [-0.05, 0) is 24.6 Å². The third-order valence-electron chi connectivity index (χ3n) is 2.82. The second kappa shape index (κ2) is 5.19. The van der Waals surface area contributed by atoms with Gasteiger partial charge in [0.1, 0.15) is 0 Å². The van der Waals surface area contributed by atoms with Gasteiger partial charge in [-0.1, -0.05) is 0 Å². The van der Waals surface area contributed by atoms with E-state index in [2.05, 4.69) is 20.5 Å². The molecule has 3 aromatic rings. The number of fused-ring (bicyclic) bond motifs is 1. The van der Waals surface area contributed by atoms with Crippen molar-refractivity contribution in [2.24, 2.45) is 0 Å². The molecule has 0 atom stereocenters. The van der Waals surface area contributed by atoms with Crippen LogP contribution in [-0.4, -0.2) is 21.1 Å². The Morgan fingerprint density at radius 1 is 1.42 bits per heavy atom. The van der Waals surface area contributed by atoms with Crippen molar-refractivity contribution < 1.29 is 4.79 Å². The van der Waals surface area contributed by atoms with Gasteiger partial charge in [0.15, 0.2) is 0 Å². The Hall–Kier alpha value is -2.21. The summed E-state index contributed by atoms with van der Waals surface area (Å²) >= 11 is 1.54. The van der Waals surface area contributed by atoms with Gasteiger partial charge in [0.25, 0.3) is 0 Å². The van der Waals surface area contributed by atoms with E-state index in [1.54, 1.807) is 23.0 Å². The first kappa shape index (κ1) is 11.9. The van der Waals surface area contributed by atoms with Gasteiger partial charge in [0.05, 0.1) is 22.9 Å². The van der Waals surface area contributed by atoms with Crippen LogP contribution in [0.4, 0.5) is 5.69 Å². The van der Waals surface area contributed by atoms with Crippen molar-refractivity contribution >= 4 is 33.8 Å². The molecule has 2 aromatic heterocycles. The molecular formula is C13H12N4OS. The van der Waals surface area contributed by atoms with E-state index in [1.165, 1.54) is 0 Å². The maximum Gasteiger partial charge on any atom is 0.224 e. The van der Waals surface area contributed by atoms with Crippen molar-refractivity contribution in [1.82, 2.24) is 15.2 Å². The summed E-state index contributed by atoms with van der Waals surface area (Å²) < 4.78 is 0. The van der Waals surface area contributed by atoms with Crippen LogP contribution in [-0.2, 0) is 11.2 Å². The number of nitrogens with one attached hydrogen (secondary N) is 2. The monoisotopic (exact) mass is 272 g/mol. The number of aryl methyl sites for hydroxylation is 1. The summed E-state index contributed by atoms with van der Waals surface area (Å²) in [4.78, 5) is 16.0. The van der Waals surface area contributed by atoms with E-state index in [-0.39, 0.29) is 5.91 Å². The molecule has 0 saturated carbocycles. The molecule has 0 bridgehead atoms. The predicted octanol–water partition coefficient (Wildman–Crippen LogP) is 2.59. The Morgan fingerprint density at radius 3 is 3.21 bits per heavy atom. The lowest BCUT2D eigenvalue weighted by Crippen LogP contribution is -2.12. The fraction of sp³-hybridized carbons (Fsp3) is 0.154. The highest BCUT2D eigenvalue weighted by Gasteiger charge is 2.05. The zero-order valence-corrected chi connectivity index (χ0v) is 10.9. The second-order valence-corrected chi connectivity index (χ2v) is 4.92. The van der Waals surface area contributed by atoms with Crippen molar-refractivity contribution in [3.63, 3.8) is 0 Å². The maximum absolute atomic E-state index is 11.8. The number of anilines is 1. The number of hydrogen-bond acceptors (Lipinski definition) is 4. The number of benzene rings is 1. The van der Waals surface area contributed by atoms with E-state index in [9.17, 15) is 4.79 Å². The predicted molar refractivity (Wildman–Crippen MR) is 75.2 cm³/mol. The molecule has 0 radical (unpaired) electrons. The van der Waals surface area contributed by atoms with Crippen LogP contribution >= 0.6 is 11.3 Å². The molecule has 0 aliphatic rings. The van der Waals surface area contributed by atoms with Crippen molar-refractivity contribution in [2.75, 3.05) is 5.32 Å². The Bertz CT molecular complexity index is 690. The fourth-order valence-electron chi connectivity index (χ4n) is 1.84. The van der Waals surface area contributed by atoms with Crippen LogP contribution in [0, 0.1) is 0 Å². The highest BCUT2D eigenvalue weighted by molar-refractivity contribution is 7.07. The number of thiazole rings is 1. The highest BCUT2D eigenvalue weighted by Crippen LogP contribution is 2.16. The van der Waals surface area contributed by atoms with Gasteiger partial charge in [-0.15, -0.1) is 11.3 Å². The number of carbonyl (C=O) groups excluding carboxylic acids is 1. The third kappa shape index (κ3) is 2.79. The highest BCUT2D eigenvalue weighted by atomic mass is 32.1. The van der Waals surface area contributed by atoms with Crippen molar-refractivity contribution in [1.29, 1.82) is 0 Å². The number of aromatic amines is 1. The van der Waals surface area contributed by atoms with E-state index < -0.39 is 0 Å². The molecule has 0 spiro atoms. The molecule has 0 fully saturated rings. The van der Waals surface area contributed by atoms with Gasteiger partial charge in [0, 0.05) is 22.9 Å². The lowest BCUT2D eigenvalue weighted by atomic mass is 10.2. The van der Waals surface area contributed by atoms with E-state index in [4.69, 9.17) is 0 Å². The van der Waals surface area contributed by atoms with Crippen LogP contribution in [0.15, 0.2) is 35.3 Å². The minimum atomic E-state index is -0.00753. The van der Waals surface area contributed by atoms with Gasteiger partial charge in [-0.3, -0.25) is 9.89 Å². The number of H-pyrrole nitrogens is 1. The summed E-state index contributed by atoms with van der Waals surface area (Å²) in [6.45, 7) is 0. The molecule has 0 saturated heterocycles. The number of rotatable bonds is 4. The Labute approximate surface area is 113 Å². The molecule has 1 amide bonds. The molecule has 1 aromatic carbocycles. The van der Waals surface area contributed by atoms with Crippen LogP contribution in [0.5, 0.6) is 0 Å². The van der Waals surface area contributed by atoms with Crippen LogP contribution in [0.1, 0.15) is 12.1 Å². The maximum atomic E-state index is 11.8. The zero-order chi connectivity index (χ0) is 13.1. The number of aromatic nitrogens is 3. The minimum Gasteiger partial charge on any atom is -0.326 e. The van der Waals surface area contributed by atoms with Crippen LogP contribution in [0.25, 0.3) is 10.9 Å². The van der Waals surface area contributed by atoms with Crippen molar-refractivity contribution in [2.45, 2.75) is 12.8 Å². The zero-order valence-electron chi connectivity index (χ0n) is 10.1. The van der Waals surface area contributed by atoms with Crippen molar-refractivity contribution in [3.05, 3.63) is 41.0 Å². The molecule has 2 heterocycles. The summed E-state index contributed by atoms with van der Waals surface area (Å²) in [5.41, 5.74) is 4.43. The molecule has 0 aliphatic heterocycles. The van der Waals surface area contributed by atoms with E-state index >= 15 is 0 Å². The molecule has 6 heteroatoms. The topological polar surface area (TPSA) is 70.7 Å². The molecule has 96 valence electrons. The summed E-state index contributed by atoms with van der Waals surface area (Å²) in [5.74, 6) is -0.00753. The lowest BCUT2D eigenvalue weighted by Gasteiger charge is -2.04. The van der Waals surface area contributed by atoms with Crippen LogP contribution in [0.3, 0.4) is 0 Å². The molecule has 0 aliphatic carbocycles. The lowest BCUT2D eigenvalue weighted by molar-refractivity contribution is -0.116. The smallest absolute Gasteiger partial charge is 0.224 e. The number of hydrogen-bond donors (Lipinski definition) is 2. The first-order chi connectivity index (χ1) is 9.31. The summed E-state index contributed by atoms with van der Waals surface area (Å²) in [5, 5.41) is 12.7. The number of amides is 1. The molecule has 5 nitrogen and oxygen atoms in total. The van der Waals surface area contributed by atoms with Gasteiger partial charge in [-0.25, -0.2) is 4.98 Å². The number of nitrogens with zero attached hydrogens (tertiary/aromatic N) is 2. The molecule has 3 rings (SSSR count). The summed E-state index contributed by atoms with van der Waals surface area (Å²) in [6.07, 6.45) is 2.86. The van der Waals surface area contributed by atoms with Crippen LogP contribution in [0.2, 0.25) is 0 Å². The molecular weight excluding hydrogens is 260 g/mol. The molecule has 19 heavy (non-hydrogen) atoms. The molecule has 2 N–H and O–H groups in total. The summed E-state index contributed by atoms with van der Waals surface area (Å²) in [6, 6.07) is 5.68. The van der Waals surface area contributed by atoms with E-state index in [1.807, 2.05) is 23.6 Å². The Balaban J connectivity index is 1.62. The van der Waals surface area contributed by atoms with Gasteiger partial charge >= 0.3 is 0 Å². The first-order valence-electron chi connectivity index (χ1n) is 5.91. The van der Waals surface area contributed by atoms with Crippen LogP contribution < -0.4 is 5.32 Å². The Kier molecular flexibility index (Phi) is 3.24. The molecule has 0 unspecified atom stereocenters. The van der Waals surface area contributed by atoms with Gasteiger partial charge < -0.3 is 5.32 Å². The summed E-state index contributed by atoms with van der Waals surface area (Å²) in [7, 11) is 0. The second-order valence-electron chi connectivity index (χ2n) is 4.20. The fourth-order valence-corrected chi connectivity index (χ4v) is 2.43. The third-order valence-corrected chi connectivity index (χ3v) is 3.45. The minimum absolute atomic E-state index is 0.00753. The standard InChI is InChI=1S/C13H12N4OS/c18-13(4-3-11-7-19-8-14-11)16-10-2-1-9-6-15-17-12(9)5-10/h1-2,5-8H,3-4H2,(H,15,17)(H,16,18). The number of carbonyl (C=O) groups is 1. The van der Waals surface area contributed by atoms with Gasteiger partial charge in [-0.2, -0.15) is 5.10 Å².